The van der Waals surface area contributed by atoms with Crippen molar-refractivity contribution in [2.45, 2.75) is 40.2 Å². The predicted octanol–water partition coefficient (Wildman–Crippen LogP) is 7.16. The monoisotopic (exact) mass is 629 g/mol. The molecule has 0 saturated carbocycles. The third kappa shape index (κ3) is 8.82. The summed E-state index contributed by atoms with van der Waals surface area (Å²) in [5.74, 6) is -2.76. The first-order chi connectivity index (χ1) is 19.1. The second-order valence-electron chi connectivity index (χ2n) is 9.94. The number of nitrogens with zero attached hydrogens (tertiary/aromatic N) is 1. The van der Waals surface area contributed by atoms with Crippen molar-refractivity contribution < 1.29 is 32.3 Å². The van der Waals surface area contributed by atoms with Gasteiger partial charge < -0.3 is 15.4 Å². The van der Waals surface area contributed by atoms with Crippen LogP contribution in [0.25, 0.3) is 0 Å². The summed E-state index contributed by atoms with van der Waals surface area (Å²) in [4.78, 5) is 42.5. The zero-order valence-corrected chi connectivity index (χ0v) is 24.4. The van der Waals surface area contributed by atoms with Crippen LogP contribution in [0.2, 0.25) is 15.1 Å². The highest BCUT2D eigenvalue weighted by Crippen LogP contribution is 2.30. The number of ketones is 1. The molecule has 2 amide bonds. The minimum absolute atomic E-state index is 0.00443. The van der Waals surface area contributed by atoms with Crippen molar-refractivity contribution >= 4 is 58.1 Å². The van der Waals surface area contributed by atoms with E-state index in [-0.39, 0.29) is 56.3 Å². The SMILES string of the molecule is CC(C)(C)C(=O)NCc1ccc(Cl)c(C(=O)Cc2cnc(OCC(F)F)c(C(=O)Nc3cc(F)cc(Cl)c3)c2)c1Cl. The molecule has 41 heavy (non-hydrogen) atoms. The number of alkyl halides is 2. The van der Waals surface area contributed by atoms with Crippen molar-refractivity contribution in [2.75, 3.05) is 11.9 Å². The number of nitrogens with one attached hydrogen (secondary N) is 2. The van der Waals surface area contributed by atoms with Crippen LogP contribution in [0.3, 0.4) is 0 Å². The molecular formula is C28H25Cl3F3N3O4. The maximum Gasteiger partial charge on any atom is 0.272 e. The molecule has 0 radical (unpaired) electrons. The molecule has 0 aliphatic carbocycles. The zero-order chi connectivity index (χ0) is 30.5. The minimum atomic E-state index is -2.85. The number of anilines is 1. The number of halogens is 6. The number of ether oxygens (including phenoxy) is 1. The standard InChI is InChI=1S/C28H25Cl3F3N3O4/c1-28(2,3)27(40)36-12-15-4-5-20(30)23(24(15)31)21(38)7-14-6-19(26(35-11-14)41-13-22(33)34)25(39)37-18-9-16(29)8-17(32)10-18/h4-6,8-11,22H,7,12-13H2,1-3H3,(H,36,40)(H,37,39). The smallest absolute Gasteiger partial charge is 0.272 e. The molecule has 7 nitrogen and oxygen atoms in total. The Kier molecular flexibility index (Phi) is 10.6. The van der Waals surface area contributed by atoms with Crippen LogP contribution < -0.4 is 15.4 Å². The molecule has 0 unspecified atom stereocenters. The van der Waals surface area contributed by atoms with Crippen molar-refractivity contribution in [1.29, 1.82) is 0 Å². The van der Waals surface area contributed by atoms with E-state index in [1.165, 1.54) is 24.4 Å². The van der Waals surface area contributed by atoms with E-state index in [1.807, 2.05) is 0 Å². The summed E-state index contributed by atoms with van der Waals surface area (Å²) in [6, 6.07) is 7.61. The van der Waals surface area contributed by atoms with Gasteiger partial charge in [0.25, 0.3) is 12.3 Å². The van der Waals surface area contributed by atoms with Crippen LogP contribution in [0.4, 0.5) is 18.9 Å². The maximum absolute atomic E-state index is 13.7. The van der Waals surface area contributed by atoms with Crippen LogP contribution in [0, 0.1) is 11.2 Å². The van der Waals surface area contributed by atoms with Gasteiger partial charge in [0.1, 0.15) is 11.4 Å². The molecule has 0 bridgehead atoms. The summed E-state index contributed by atoms with van der Waals surface area (Å²) in [6.07, 6.45) is -1.99. The van der Waals surface area contributed by atoms with Crippen molar-refractivity contribution in [3.8, 4) is 5.88 Å². The lowest BCUT2D eigenvalue weighted by atomic mass is 9.95. The molecule has 1 aromatic heterocycles. The van der Waals surface area contributed by atoms with Crippen LogP contribution in [-0.2, 0) is 17.8 Å². The molecule has 0 atom stereocenters. The van der Waals surface area contributed by atoms with E-state index >= 15 is 0 Å². The molecule has 0 spiro atoms. The van der Waals surface area contributed by atoms with Gasteiger partial charge in [0.05, 0.1) is 15.6 Å². The lowest BCUT2D eigenvalue weighted by Crippen LogP contribution is -2.34. The van der Waals surface area contributed by atoms with E-state index in [9.17, 15) is 27.6 Å². The highest BCUT2D eigenvalue weighted by Gasteiger charge is 2.24. The third-order valence-corrected chi connectivity index (χ3v) is 6.52. The number of amides is 2. The second-order valence-corrected chi connectivity index (χ2v) is 11.2. The van der Waals surface area contributed by atoms with E-state index in [0.29, 0.717) is 5.56 Å². The molecule has 0 fully saturated rings. The van der Waals surface area contributed by atoms with Gasteiger partial charge in [-0.2, -0.15) is 0 Å². The van der Waals surface area contributed by atoms with Crippen molar-refractivity contribution in [3.63, 3.8) is 0 Å². The van der Waals surface area contributed by atoms with Crippen LogP contribution in [0.5, 0.6) is 5.88 Å². The van der Waals surface area contributed by atoms with E-state index in [1.54, 1.807) is 26.8 Å². The quantitative estimate of drug-likeness (QED) is 0.232. The number of benzene rings is 2. The van der Waals surface area contributed by atoms with E-state index in [2.05, 4.69) is 15.6 Å². The van der Waals surface area contributed by atoms with Gasteiger partial charge in [-0.25, -0.2) is 18.2 Å². The fraction of sp³-hybridized carbons (Fsp3) is 0.286. The number of hydrogen-bond acceptors (Lipinski definition) is 5. The Bertz CT molecular complexity index is 1460. The van der Waals surface area contributed by atoms with Gasteiger partial charge in [-0.15, -0.1) is 0 Å². The number of Topliss-reactive ketones (excluding diaryl/α,β-unsaturated/α-hetero) is 1. The van der Waals surface area contributed by atoms with Crippen LogP contribution >= 0.6 is 34.8 Å². The summed E-state index contributed by atoms with van der Waals surface area (Å²) in [5.41, 5.74) is -0.266. The average Bonchev–Trinajstić information content (AvgIpc) is 2.86. The number of hydrogen-bond donors (Lipinski definition) is 2. The Hall–Kier alpha value is -3.34. The van der Waals surface area contributed by atoms with Crippen LogP contribution in [0.15, 0.2) is 42.6 Å². The highest BCUT2D eigenvalue weighted by molar-refractivity contribution is 6.40. The van der Waals surface area contributed by atoms with Crippen LogP contribution in [0.1, 0.15) is 52.6 Å². The molecule has 3 rings (SSSR count). The highest BCUT2D eigenvalue weighted by atomic mass is 35.5. The molecule has 2 N–H and O–H groups in total. The Balaban J connectivity index is 1.89. The first kappa shape index (κ1) is 32.2. The fourth-order valence-electron chi connectivity index (χ4n) is 3.54. The molecule has 0 aliphatic rings. The summed E-state index contributed by atoms with van der Waals surface area (Å²) in [5, 5.41) is 5.29. The molecule has 0 saturated heterocycles. The first-order valence-electron chi connectivity index (χ1n) is 12.1. The van der Waals surface area contributed by atoms with E-state index in [0.717, 1.165) is 12.1 Å². The fourth-order valence-corrected chi connectivity index (χ4v) is 4.41. The molecule has 2 aromatic carbocycles. The van der Waals surface area contributed by atoms with E-state index in [4.69, 9.17) is 39.5 Å². The number of rotatable bonds is 10. The predicted molar refractivity (Wildman–Crippen MR) is 151 cm³/mol. The van der Waals surface area contributed by atoms with Crippen molar-refractivity contribution in [2.24, 2.45) is 5.41 Å². The number of aromatic nitrogens is 1. The third-order valence-electron chi connectivity index (χ3n) is 5.55. The number of carbonyl (C=O) groups excluding carboxylic acids is 3. The normalized spacial score (nSPS) is 11.4. The maximum atomic E-state index is 13.7. The van der Waals surface area contributed by atoms with Gasteiger partial charge in [-0.3, -0.25) is 14.4 Å². The lowest BCUT2D eigenvalue weighted by Gasteiger charge is -2.18. The lowest BCUT2D eigenvalue weighted by molar-refractivity contribution is -0.128. The van der Waals surface area contributed by atoms with Crippen LogP contribution in [-0.4, -0.2) is 35.6 Å². The van der Waals surface area contributed by atoms with Gasteiger partial charge >= 0.3 is 0 Å². The molecule has 0 aliphatic heterocycles. The van der Waals surface area contributed by atoms with Crippen molar-refractivity contribution in [1.82, 2.24) is 10.3 Å². The number of carbonyl (C=O) groups is 3. The molecule has 1 heterocycles. The molecule has 3 aromatic rings. The Morgan fingerprint density at radius 3 is 2.39 bits per heavy atom. The van der Waals surface area contributed by atoms with Gasteiger partial charge in [-0.05, 0) is 41.5 Å². The average molecular weight is 631 g/mol. The second kappa shape index (κ2) is 13.5. The summed E-state index contributed by atoms with van der Waals surface area (Å²) >= 11 is 18.6. The summed E-state index contributed by atoms with van der Waals surface area (Å²) < 4.78 is 44.3. The van der Waals surface area contributed by atoms with Gasteiger partial charge in [-0.1, -0.05) is 61.6 Å². The Morgan fingerprint density at radius 2 is 1.76 bits per heavy atom. The summed E-state index contributed by atoms with van der Waals surface area (Å²) in [7, 11) is 0. The van der Waals surface area contributed by atoms with E-state index < -0.39 is 41.8 Å². The van der Waals surface area contributed by atoms with Crippen molar-refractivity contribution in [3.05, 3.63) is 85.7 Å². The Morgan fingerprint density at radius 1 is 1.05 bits per heavy atom. The summed E-state index contributed by atoms with van der Waals surface area (Å²) in [6.45, 7) is 4.26. The number of pyridine rings is 1. The topological polar surface area (TPSA) is 97.4 Å². The molecule has 218 valence electrons. The Labute approximate surface area is 249 Å². The first-order valence-corrected chi connectivity index (χ1v) is 13.2. The molecule has 13 heteroatoms. The van der Waals surface area contributed by atoms with Gasteiger partial charge in [0.15, 0.2) is 12.4 Å². The van der Waals surface area contributed by atoms with Gasteiger partial charge in [0.2, 0.25) is 11.8 Å². The zero-order valence-electron chi connectivity index (χ0n) is 22.1. The molecular weight excluding hydrogens is 606 g/mol. The largest absolute Gasteiger partial charge is 0.471 e. The minimum Gasteiger partial charge on any atom is -0.471 e. The van der Waals surface area contributed by atoms with Gasteiger partial charge in [0, 0.05) is 35.3 Å².